The molecule has 1 saturated heterocycles. The Kier molecular flexibility index (Phi) is 4.73. The van der Waals surface area contributed by atoms with Crippen molar-refractivity contribution in [1.29, 1.82) is 5.26 Å². The maximum atomic E-state index is 11.9. The number of hydrogen-bond donors (Lipinski definition) is 1. The van der Waals surface area contributed by atoms with Gasteiger partial charge in [0.05, 0.1) is 11.6 Å². The molecule has 1 aromatic rings. The lowest BCUT2D eigenvalue weighted by Gasteiger charge is -2.22. The van der Waals surface area contributed by atoms with E-state index in [1.54, 1.807) is 11.3 Å². The van der Waals surface area contributed by atoms with Crippen LogP contribution < -0.4 is 10.2 Å². The lowest BCUT2D eigenvalue weighted by atomic mass is 9.96. The van der Waals surface area contributed by atoms with Crippen molar-refractivity contribution >= 4 is 22.4 Å². The highest BCUT2D eigenvalue weighted by atomic mass is 32.1. The van der Waals surface area contributed by atoms with Crippen LogP contribution in [0.25, 0.3) is 0 Å². The second-order valence-corrected chi connectivity index (χ2v) is 8.66. The number of amides is 1. The molecule has 3 rings (SSSR count). The van der Waals surface area contributed by atoms with Crippen molar-refractivity contribution in [1.82, 2.24) is 5.32 Å². The summed E-state index contributed by atoms with van der Waals surface area (Å²) >= 11 is 1.77. The van der Waals surface area contributed by atoms with Crippen molar-refractivity contribution < 1.29 is 9.53 Å². The first-order valence-corrected chi connectivity index (χ1v) is 9.48. The third kappa shape index (κ3) is 3.67. The van der Waals surface area contributed by atoms with Gasteiger partial charge in [0.15, 0.2) is 0 Å². The first-order valence-electron chi connectivity index (χ1n) is 8.66. The molecule has 1 aliphatic heterocycles. The zero-order valence-electron chi connectivity index (χ0n) is 14.6. The number of carbonyl (C=O) groups is 1. The molecule has 130 valence electrons. The molecule has 1 atom stereocenters. The topological polar surface area (TPSA) is 65.4 Å². The number of anilines is 1. The Labute approximate surface area is 147 Å². The fraction of sp³-hybridized carbons (Fsp3) is 0.667. The van der Waals surface area contributed by atoms with Gasteiger partial charge in [-0.3, -0.25) is 0 Å². The number of fused-ring (bicyclic) bond motifs is 1. The van der Waals surface area contributed by atoms with E-state index in [4.69, 9.17) is 4.74 Å². The van der Waals surface area contributed by atoms with Gasteiger partial charge in [0, 0.05) is 18.0 Å². The van der Waals surface area contributed by atoms with E-state index >= 15 is 0 Å². The van der Waals surface area contributed by atoms with E-state index in [1.807, 2.05) is 20.8 Å². The van der Waals surface area contributed by atoms with E-state index in [9.17, 15) is 10.1 Å². The summed E-state index contributed by atoms with van der Waals surface area (Å²) in [6.07, 6.45) is 5.05. The van der Waals surface area contributed by atoms with E-state index in [2.05, 4.69) is 16.3 Å². The van der Waals surface area contributed by atoms with E-state index in [0.29, 0.717) is 0 Å². The summed E-state index contributed by atoms with van der Waals surface area (Å²) in [7, 11) is 0. The van der Waals surface area contributed by atoms with Gasteiger partial charge in [0.2, 0.25) is 0 Å². The lowest BCUT2D eigenvalue weighted by molar-refractivity contribution is 0.0509. The Morgan fingerprint density at radius 3 is 2.83 bits per heavy atom. The molecule has 1 aromatic heterocycles. The number of carbonyl (C=O) groups excluding carboxylic acids is 1. The zero-order chi connectivity index (χ0) is 17.3. The highest BCUT2D eigenvalue weighted by molar-refractivity contribution is 7.16. The second-order valence-electron chi connectivity index (χ2n) is 7.58. The summed E-state index contributed by atoms with van der Waals surface area (Å²) in [5, 5.41) is 13.7. The molecule has 0 aromatic carbocycles. The van der Waals surface area contributed by atoms with Crippen LogP contribution in [0.5, 0.6) is 0 Å². The van der Waals surface area contributed by atoms with Crippen molar-refractivity contribution in [2.45, 2.75) is 64.5 Å². The molecule has 1 unspecified atom stereocenters. The summed E-state index contributed by atoms with van der Waals surface area (Å²) in [6.45, 7) is 7.20. The fourth-order valence-electron chi connectivity index (χ4n) is 3.43. The van der Waals surface area contributed by atoms with Crippen LogP contribution in [0.4, 0.5) is 9.80 Å². The minimum absolute atomic E-state index is 0.0746. The van der Waals surface area contributed by atoms with Gasteiger partial charge in [-0.2, -0.15) is 5.26 Å². The molecule has 0 radical (unpaired) electrons. The summed E-state index contributed by atoms with van der Waals surface area (Å²) in [4.78, 5) is 15.6. The number of alkyl carbamates (subject to hydrolysis) is 1. The van der Waals surface area contributed by atoms with Crippen LogP contribution in [0.3, 0.4) is 0 Å². The third-order valence-corrected chi connectivity index (χ3v) is 5.81. The minimum atomic E-state index is -0.483. The van der Waals surface area contributed by atoms with E-state index in [1.165, 1.54) is 23.3 Å². The van der Waals surface area contributed by atoms with E-state index < -0.39 is 5.60 Å². The standard InChI is InChI=1S/C18H25N3O2S/c1-18(2,3)23-17(22)20-12-8-9-21(11-12)16-14(10-19)13-6-4-5-7-15(13)24-16/h12H,4-9,11H2,1-3H3,(H,20,22). The quantitative estimate of drug-likeness (QED) is 0.888. The number of thiophene rings is 1. The molecule has 5 nitrogen and oxygen atoms in total. The Bertz CT molecular complexity index is 669. The Morgan fingerprint density at radius 2 is 2.12 bits per heavy atom. The van der Waals surface area contributed by atoms with Crippen molar-refractivity contribution in [3.63, 3.8) is 0 Å². The fourth-order valence-corrected chi connectivity index (χ4v) is 4.80. The molecular weight excluding hydrogens is 322 g/mol. The lowest BCUT2D eigenvalue weighted by Crippen LogP contribution is -2.40. The van der Waals surface area contributed by atoms with Crippen LogP contribution in [-0.4, -0.2) is 30.8 Å². The van der Waals surface area contributed by atoms with Crippen LogP contribution in [0, 0.1) is 11.3 Å². The summed E-state index contributed by atoms with van der Waals surface area (Å²) in [5.41, 5.74) is 1.66. The molecule has 0 bridgehead atoms. The number of nitrogens with one attached hydrogen (secondary N) is 1. The van der Waals surface area contributed by atoms with Crippen molar-refractivity contribution in [2.24, 2.45) is 0 Å². The highest BCUT2D eigenvalue weighted by Crippen LogP contribution is 2.40. The highest BCUT2D eigenvalue weighted by Gasteiger charge is 2.30. The van der Waals surface area contributed by atoms with Crippen LogP contribution in [0.2, 0.25) is 0 Å². The van der Waals surface area contributed by atoms with Crippen LogP contribution in [0.1, 0.15) is 56.0 Å². The van der Waals surface area contributed by atoms with Crippen LogP contribution in [0.15, 0.2) is 0 Å². The number of nitriles is 1. The van der Waals surface area contributed by atoms with Gasteiger partial charge < -0.3 is 15.0 Å². The molecule has 6 heteroatoms. The number of hydrogen-bond acceptors (Lipinski definition) is 5. The second kappa shape index (κ2) is 6.64. The molecule has 1 amide bonds. The van der Waals surface area contributed by atoms with E-state index in [0.717, 1.165) is 42.9 Å². The molecule has 0 saturated carbocycles. The average molecular weight is 347 g/mol. The largest absolute Gasteiger partial charge is 0.444 e. The molecule has 2 aliphatic rings. The maximum absolute atomic E-state index is 11.9. The predicted molar refractivity (Wildman–Crippen MR) is 95.7 cm³/mol. The van der Waals surface area contributed by atoms with Crippen molar-refractivity contribution in [3.05, 3.63) is 16.0 Å². The SMILES string of the molecule is CC(C)(C)OC(=O)NC1CCN(c2sc3c(c2C#N)CCCC3)C1. The van der Waals surface area contributed by atoms with Gasteiger partial charge in [-0.15, -0.1) is 11.3 Å². The normalized spacial score (nSPS) is 20.4. The number of rotatable bonds is 2. The Morgan fingerprint density at radius 1 is 1.38 bits per heavy atom. The van der Waals surface area contributed by atoms with Gasteiger partial charge in [0.25, 0.3) is 0 Å². The molecular formula is C18H25N3O2S. The summed E-state index contributed by atoms with van der Waals surface area (Å²) in [6, 6.07) is 2.50. The van der Waals surface area contributed by atoms with Crippen molar-refractivity contribution in [3.8, 4) is 6.07 Å². The van der Waals surface area contributed by atoms with Gasteiger partial charge in [-0.05, 0) is 58.4 Å². The molecule has 1 aliphatic carbocycles. The van der Waals surface area contributed by atoms with Crippen LogP contribution >= 0.6 is 11.3 Å². The Hall–Kier alpha value is -1.74. The van der Waals surface area contributed by atoms with Gasteiger partial charge >= 0.3 is 6.09 Å². The first kappa shape index (κ1) is 17.1. The zero-order valence-corrected chi connectivity index (χ0v) is 15.5. The predicted octanol–water partition coefficient (Wildman–Crippen LogP) is 3.60. The molecule has 1 N–H and O–H groups in total. The molecule has 2 heterocycles. The molecule has 1 fully saturated rings. The smallest absolute Gasteiger partial charge is 0.407 e. The number of aryl methyl sites for hydroxylation is 1. The van der Waals surface area contributed by atoms with Crippen LogP contribution in [-0.2, 0) is 17.6 Å². The average Bonchev–Trinajstić information content (AvgIpc) is 3.08. The molecule has 0 spiro atoms. The molecule has 24 heavy (non-hydrogen) atoms. The minimum Gasteiger partial charge on any atom is -0.444 e. The Balaban J connectivity index is 1.67. The summed E-state index contributed by atoms with van der Waals surface area (Å²) in [5.74, 6) is 0. The van der Waals surface area contributed by atoms with Gasteiger partial charge in [-0.1, -0.05) is 0 Å². The summed E-state index contributed by atoms with van der Waals surface area (Å²) < 4.78 is 5.33. The van der Waals surface area contributed by atoms with Crippen molar-refractivity contribution in [2.75, 3.05) is 18.0 Å². The monoisotopic (exact) mass is 347 g/mol. The number of ether oxygens (including phenoxy) is 1. The van der Waals surface area contributed by atoms with Gasteiger partial charge in [-0.25, -0.2) is 4.79 Å². The van der Waals surface area contributed by atoms with E-state index in [-0.39, 0.29) is 12.1 Å². The number of nitrogens with zero attached hydrogens (tertiary/aromatic N) is 2. The maximum Gasteiger partial charge on any atom is 0.407 e. The third-order valence-electron chi connectivity index (χ3n) is 4.46. The first-order chi connectivity index (χ1) is 11.4. The van der Waals surface area contributed by atoms with Gasteiger partial charge in [0.1, 0.15) is 16.7 Å².